The Hall–Kier alpha value is -1.70. The van der Waals surface area contributed by atoms with Crippen LogP contribution in [-0.4, -0.2) is 14.4 Å². The summed E-state index contributed by atoms with van der Waals surface area (Å²) in [5, 5.41) is 6.31. The summed E-state index contributed by atoms with van der Waals surface area (Å²) < 4.78 is 2.08. The van der Waals surface area contributed by atoms with Crippen molar-refractivity contribution in [1.29, 1.82) is 0 Å². The van der Waals surface area contributed by atoms with Gasteiger partial charge in [-0.25, -0.2) is 9.97 Å². The lowest BCUT2D eigenvalue weighted by atomic mass is 10.2. The number of nitrogens with zero attached hydrogens (tertiary/aromatic N) is 3. The van der Waals surface area contributed by atoms with Crippen LogP contribution < -0.4 is 5.32 Å². The van der Waals surface area contributed by atoms with Crippen LogP contribution in [0.4, 0.5) is 10.8 Å². The van der Waals surface area contributed by atoms with Crippen molar-refractivity contribution in [3.8, 4) is 11.4 Å². The van der Waals surface area contributed by atoms with Crippen molar-refractivity contribution in [3.63, 3.8) is 0 Å². The van der Waals surface area contributed by atoms with Gasteiger partial charge in [0.05, 0.1) is 11.4 Å². The molecule has 3 aromatic heterocycles. The summed E-state index contributed by atoms with van der Waals surface area (Å²) in [6.45, 7) is 4.10. The molecule has 0 bridgehead atoms. The third-order valence-corrected chi connectivity index (χ3v) is 4.51. The number of hydrogen-bond donors (Lipinski definition) is 1. The molecule has 25 heavy (non-hydrogen) atoms. The number of nitrogens with one attached hydrogen (secondary N) is 1. The maximum Gasteiger partial charge on any atom is 0.187 e. The average Bonchev–Trinajstić information content (AvgIpc) is 3.12. The second-order valence-corrected chi connectivity index (χ2v) is 6.36. The Bertz CT molecular complexity index is 976. The van der Waals surface area contributed by atoms with Crippen molar-refractivity contribution < 1.29 is 0 Å². The minimum atomic E-state index is 0. The summed E-state index contributed by atoms with van der Waals surface area (Å²) >= 11 is 1.60. The first-order valence-corrected chi connectivity index (χ1v) is 8.32. The Morgan fingerprint density at radius 2 is 1.72 bits per heavy atom. The number of halogens is 2. The molecule has 4 rings (SSSR count). The van der Waals surface area contributed by atoms with Gasteiger partial charge in [-0.1, -0.05) is 23.8 Å². The van der Waals surface area contributed by atoms with E-state index in [4.69, 9.17) is 4.98 Å². The lowest BCUT2D eigenvalue weighted by Crippen LogP contribution is -1.91. The summed E-state index contributed by atoms with van der Waals surface area (Å²) in [6.07, 6.45) is 2.02. The molecule has 0 unspecified atom stereocenters. The van der Waals surface area contributed by atoms with E-state index in [0.29, 0.717) is 0 Å². The summed E-state index contributed by atoms with van der Waals surface area (Å²) in [5.41, 5.74) is 6.22. The lowest BCUT2D eigenvalue weighted by Gasteiger charge is -2.02. The fraction of sp³-hybridized carbons (Fsp3) is 0.111. The molecule has 4 aromatic rings. The summed E-state index contributed by atoms with van der Waals surface area (Å²) in [5.74, 6) is 0. The molecule has 1 aromatic carbocycles. The van der Waals surface area contributed by atoms with E-state index in [1.807, 2.05) is 31.3 Å². The molecule has 0 saturated heterocycles. The van der Waals surface area contributed by atoms with Crippen LogP contribution in [0.1, 0.15) is 11.3 Å². The van der Waals surface area contributed by atoms with E-state index in [2.05, 4.69) is 51.3 Å². The van der Waals surface area contributed by atoms with Crippen molar-refractivity contribution in [3.05, 3.63) is 65.3 Å². The van der Waals surface area contributed by atoms with Gasteiger partial charge in [-0.2, -0.15) is 0 Å². The number of fused-ring (bicyclic) bond motifs is 1. The number of aromatic nitrogens is 3. The van der Waals surface area contributed by atoms with Gasteiger partial charge in [0, 0.05) is 17.3 Å². The third-order valence-electron chi connectivity index (χ3n) is 3.75. The Morgan fingerprint density at radius 1 is 0.960 bits per heavy atom. The predicted octanol–water partition coefficient (Wildman–Crippen LogP) is 5.97. The van der Waals surface area contributed by atoms with Gasteiger partial charge < -0.3 is 5.32 Å². The summed E-state index contributed by atoms with van der Waals surface area (Å²) in [6, 6.07) is 14.3. The van der Waals surface area contributed by atoms with Gasteiger partial charge in [0.2, 0.25) is 0 Å². The van der Waals surface area contributed by atoms with Gasteiger partial charge in [0.25, 0.3) is 0 Å². The molecule has 0 fully saturated rings. The van der Waals surface area contributed by atoms with Gasteiger partial charge in [-0.3, -0.25) is 4.40 Å². The molecule has 1 N–H and O–H groups in total. The van der Waals surface area contributed by atoms with Crippen LogP contribution in [0.25, 0.3) is 17.0 Å². The van der Waals surface area contributed by atoms with Crippen LogP contribution in [0, 0.1) is 13.8 Å². The van der Waals surface area contributed by atoms with Crippen LogP contribution in [0.5, 0.6) is 0 Å². The van der Waals surface area contributed by atoms with Gasteiger partial charge in [0.15, 0.2) is 5.13 Å². The highest BCUT2D eigenvalue weighted by Gasteiger charge is 2.13. The Morgan fingerprint density at radius 3 is 2.48 bits per heavy atom. The number of pyridine rings is 1. The number of aryl methyl sites for hydroxylation is 2. The zero-order valence-electron chi connectivity index (χ0n) is 13.8. The first kappa shape index (κ1) is 19.6. The molecule has 0 spiro atoms. The van der Waals surface area contributed by atoms with E-state index < -0.39 is 0 Å². The van der Waals surface area contributed by atoms with Crippen molar-refractivity contribution in [1.82, 2.24) is 14.4 Å². The highest BCUT2D eigenvalue weighted by atomic mass is 79.9. The molecule has 0 radical (unpaired) electrons. The SMILES string of the molecule is Br.Br.Cc1ccc(Nc2nc(-c3c(C)nc4ccccn34)cs2)cc1. The monoisotopic (exact) mass is 480 g/mol. The smallest absolute Gasteiger partial charge is 0.187 e. The first-order valence-electron chi connectivity index (χ1n) is 7.44. The molecule has 0 saturated carbocycles. The first-order chi connectivity index (χ1) is 11.2. The van der Waals surface area contributed by atoms with E-state index in [9.17, 15) is 0 Å². The molecular formula is C18H18Br2N4S. The number of anilines is 2. The zero-order chi connectivity index (χ0) is 15.8. The Labute approximate surface area is 171 Å². The summed E-state index contributed by atoms with van der Waals surface area (Å²) in [4.78, 5) is 9.33. The fourth-order valence-corrected chi connectivity index (χ4v) is 3.34. The number of benzene rings is 1. The van der Waals surface area contributed by atoms with E-state index in [0.717, 1.165) is 33.5 Å². The molecule has 130 valence electrons. The molecule has 4 nitrogen and oxygen atoms in total. The zero-order valence-corrected chi connectivity index (χ0v) is 18.0. The van der Waals surface area contributed by atoms with Crippen LogP contribution in [0.3, 0.4) is 0 Å². The topological polar surface area (TPSA) is 42.2 Å². The molecule has 0 aliphatic carbocycles. The molecule has 0 atom stereocenters. The second-order valence-electron chi connectivity index (χ2n) is 5.50. The largest absolute Gasteiger partial charge is 0.332 e. The molecule has 0 aliphatic heterocycles. The average molecular weight is 482 g/mol. The van der Waals surface area contributed by atoms with Gasteiger partial charge >= 0.3 is 0 Å². The third kappa shape index (κ3) is 3.94. The van der Waals surface area contributed by atoms with Gasteiger partial charge in [-0.15, -0.1) is 45.3 Å². The lowest BCUT2D eigenvalue weighted by molar-refractivity contribution is 1.17. The van der Waals surface area contributed by atoms with Crippen molar-refractivity contribution >= 4 is 61.8 Å². The van der Waals surface area contributed by atoms with Crippen LogP contribution >= 0.6 is 45.3 Å². The minimum absolute atomic E-state index is 0. The standard InChI is InChI=1S/C18H16N4S.2BrH/c1-12-6-8-14(9-7-12)20-18-21-15(11-23-18)17-13(2)19-16-5-3-4-10-22(16)17;;/h3-11H,1-2H3,(H,20,21);2*1H. The van der Waals surface area contributed by atoms with E-state index in [-0.39, 0.29) is 34.0 Å². The van der Waals surface area contributed by atoms with Crippen molar-refractivity contribution in [2.45, 2.75) is 13.8 Å². The van der Waals surface area contributed by atoms with Crippen LogP contribution in [0.2, 0.25) is 0 Å². The predicted molar refractivity (Wildman–Crippen MR) is 116 cm³/mol. The molecular weight excluding hydrogens is 464 g/mol. The van der Waals surface area contributed by atoms with Crippen LogP contribution in [-0.2, 0) is 0 Å². The van der Waals surface area contributed by atoms with Crippen LogP contribution in [0.15, 0.2) is 54.0 Å². The highest BCUT2D eigenvalue weighted by molar-refractivity contribution is 8.93. The fourth-order valence-electron chi connectivity index (χ4n) is 2.62. The van der Waals surface area contributed by atoms with Gasteiger partial charge in [-0.05, 0) is 38.1 Å². The molecule has 7 heteroatoms. The quantitative estimate of drug-likeness (QED) is 0.391. The molecule has 0 amide bonds. The Kier molecular flexibility index (Phi) is 6.37. The molecule has 0 aliphatic rings. The van der Waals surface area contributed by atoms with E-state index >= 15 is 0 Å². The van der Waals surface area contributed by atoms with Gasteiger partial charge in [0.1, 0.15) is 11.3 Å². The van der Waals surface area contributed by atoms with E-state index in [1.54, 1.807) is 11.3 Å². The highest BCUT2D eigenvalue weighted by Crippen LogP contribution is 2.29. The number of rotatable bonds is 3. The molecule has 3 heterocycles. The number of imidazole rings is 1. The Balaban J connectivity index is 0.00000113. The van der Waals surface area contributed by atoms with E-state index in [1.165, 1.54) is 5.56 Å². The van der Waals surface area contributed by atoms with Crippen molar-refractivity contribution in [2.75, 3.05) is 5.32 Å². The second kappa shape index (κ2) is 8.12. The van der Waals surface area contributed by atoms with Crippen molar-refractivity contribution in [2.24, 2.45) is 0 Å². The number of thiazole rings is 1. The minimum Gasteiger partial charge on any atom is -0.332 e. The normalized spacial score (nSPS) is 10.2. The summed E-state index contributed by atoms with van der Waals surface area (Å²) in [7, 11) is 0. The maximum absolute atomic E-state index is 4.73. The number of hydrogen-bond acceptors (Lipinski definition) is 4. The maximum atomic E-state index is 4.73.